The molecule has 0 radical (unpaired) electrons. The first-order valence-electron chi connectivity index (χ1n) is 6.44. The Morgan fingerprint density at radius 3 is 2.68 bits per heavy atom. The summed E-state index contributed by atoms with van der Waals surface area (Å²) in [5, 5.41) is 6.51. The van der Waals surface area contributed by atoms with Crippen LogP contribution < -0.4 is 15.4 Å². The molecule has 0 aliphatic carbocycles. The summed E-state index contributed by atoms with van der Waals surface area (Å²) < 4.78 is 6.16. The van der Waals surface area contributed by atoms with E-state index in [4.69, 9.17) is 4.74 Å². The van der Waals surface area contributed by atoms with E-state index in [0.29, 0.717) is 12.6 Å². The van der Waals surface area contributed by atoms with Gasteiger partial charge in [0.1, 0.15) is 5.75 Å². The van der Waals surface area contributed by atoms with Gasteiger partial charge in [-0.15, -0.1) is 0 Å². The number of hydrogen-bond acceptors (Lipinski definition) is 2. The third-order valence-corrected chi connectivity index (χ3v) is 3.03. The average Bonchev–Trinajstić information content (AvgIpc) is 2.36. The fraction of sp³-hybridized carbons (Fsp3) is 0.500. The Kier molecular flexibility index (Phi) is 6.70. The number of benzene rings is 1. The third-order valence-electron chi connectivity index (χ3n) is 2.41. The van der Waals surface area contributed by atoms with Crippen LogP contribution in [0.3, 0.4) is 0 Å². The number of halogens is 1. The second-order valence-electron chi connectivity index (χ2n) is 4.46. The second-order valence-corrected chi connectivity index (χ2v) is 5.32. The lowest BCUT2D eigenvalue weighted by atomic mass is 10.2. The van der Waals surface area contributed by atoms with E-state index in [9.17, 15) is 0 Å². The molecule has 0 saturated heterocycles. The molecule has 0 atom stereocenters. The zero-order valence-corrected chi connectivity index (χ0v) is 13.5. The van der Waals surface area contributed by atoms with Gasteiger partial charge in [-0.05, 0) is 54.4 Å². The van der Waals surface area contributed by atoms with Gasteiger partial charge in [-0.2, -0.15) is 0 Å². The van der Waals surface area contributed by atoms with Crippen LogP contribution in [-0.2, 0) is 6.54 Å². The first-order chi connectivity index (χ1) is 9.06. The highest BCUT2D eigenvalue weighted by Crippen LogP contribution is 2.25. The van der Waals surface area contributed by atoms with Gasteiger partial charge in [0.05, 0.1) is 18.1 Å². The molecule has 1 aromatic rings. The summed E-state index contributed by atoms with van der Waals surface area (Å²) in [6.07, 6.45) is 0. The van der Waals surface area contributed by atoms with Gasteiger partial charge < -0.3 is 15.4 Å². The number of rotatable bonds is 5. The summed E-state index contributed by atoms with van der Waals surface area (Å²) >= 11 is 3.48. The van der Waals surface area contributed by atoms with Gasteiger partial charge in [-0.3, -0.25) is 0 Å². The number of hydrogen-bond donors (Lipinski definition) is 2. The Balaban J connectivity index is 2.73. The van der Waals surface area contributed by atoms with Gasteiger partial charge in [0, 0.05) is 12.6 Å². The van der Waals surface area contributed by atoms with Crippen LogP contribution in [0.25, 0.3) is 0 Å². The lowest BCUT2D eigenvalue weighted by Gasteiger charge is -2.14. The van der Waals surface area contributed by atoms with Gasteiger partial charge in [0.25, 0.3) is 0 Å². The summed E-state index contributed by atoms with van der Waals surface area (Å²) in [6, 6.07) is 6.35. The van der Waals surface area contributed by atoms with Gasteiger partial charge in [-0.25, -0.2) is 4.99 Å². The Morgan fingerprint density at radius 2 is 2.16 bits per heavy atom. The predicted molar refractivity (Wildman–Crippen MR) is 83.8 cm³/mol. The van der Waals surface area contributed by atoms with E-state index >= 15 is 0 Å². The molecule has 106 valence electrons. The van der Waals surface area contributed by atoms with E-state index in [-0.39, 0.29) is 0 Å². The highest BCUT2D eigenvalue weighted by molar-refractivity contribution is 9.10. The lowest BCUT2D eigenvalue weighted by Crippen LogP contribution is -2.40. The van der Waals surface area contributed by atoms with E-state index < -0.39 is 0 Å². The predicted octanol–water partition coefficient (Wildman–Crippen LogP) is 2.92. The minimum absolute atomic E-state index is 0.361. The Bertz CT molecular complexity index is 433. The van der Waals surface area contributed by atoms with Crippen molar-refractivity contribution < 1.29 is 4.74 Å². The Morgan fingerprint density at radius 1 is 1.42 bits per heavy atom. The van der Waals surface area contributed by atoms with E-state index in [1.54, 1.807) is 7.11 Å². The summed E-state index contributed by atoms with van der Waals surface area (Å²) in [6.45, 7) is 7.73. The Hall–Kier alpha value is -1.23. The third kappa shape index (κ3) is 5.51. The molecule has 0 saturated carbocycles. The van der Waals surface area contributed by atoms with Gasteiger partial charge >= 0.3 is 0 Å². The molecule has 0 spiro atoms. The molecule has 1 rings (SSSR count). The molecule has 0 bridgehead atoms. The van der Waals surface area contributed by atoms with Crippen LogP contribution in [-0.4, -0.2) is 25.7 Å². The van der Waals surface area contributed by atoms with E-state index in [2.05, 4.69) is 52.3 Å². The van der Waals surface area contributed by atoms with Crippen LogP contribution in [0.1, 0.15) is 26.3 Å². The number of nitrogens with zero attached hydrogens (tertiary/aromatic N) is 1. The van der Waals surface area contributed by atoms with Crippen molar-refractivity contribution in [2.75, 3.05) is 13.7 Å². The fourth-order valence-electron chi connectivity index (χ4n) is 1.57. The van der Waals surface area contributed by atoms with Crippen LogP contribution >= 0.6 is 15.9 Å². The fourth-order valence-corrected chi connectivity index (χ4v) is 2.16. The van der Waals surface area contributed by atoms with E-state index in [1.165, 1.54) is 0 Å². The SMILES string of the molecule is CCNC(=NCc1ccc(OC)c(Br)c1)NC(C)C. The first-order valence-corrected chi connectivity index (χ1v) is 7.23. The molecule has 2 N–H and O–H groups in total. The maximum absolute atomic E-state index is 5.21. The maximum atomic E-state index is 5.21. The number of nitrogens with one attached hydrogen (secondary N) is 2. The normalized spacial score (nSPS) is 11.6. The lowest BCUT2D eigenvalue weighted by molar-refractivity contribution is 0.412. The van der Waals surface area contributed by atoms with Crippen LogP contribution in [0.5, 0.6) is 5.75 Å². The van der Waals surface area contributed by atoms with Crippen molar-refractivity contribution in [3.63, 3.8) is 0 Å². The van der Waals surface area contributed by atoms with Crippen molar-refractivity contribution in [3.8, 4) is 5.75 Å². The molecular weight excluding hydrogens is 306 g/mol. The molecule has 0 aromatic heterocycles. The van der Waals surface area contributed by atoms with Gasteiger partial charge in [0.2, 0.25) is 0 Å². The van der Waals surface area contributed by atoms with Crippen molar-refractivity contribution in [1.82, 2.24) is 10.6 Å². The smallest absolute Gasteiger partial charge is 0.191 e. The van der Waals surface area contributed by atoms with Gasteiger partial charge in [-0.1, -0.05) is 6.07 Å². The number of methoxy groups -OCH3 is 1. The molecule has 0 fully saturated rings. The zero-order chi connectivity index (χ0) is 14.3. The zero-order valence-electron chi connectivity index (χ0n) is 12.0. The van der Waals surface area contributed by atoms with Crippen molar-refractivity contribution in [2.45, 2.75) is 33.4 Å². The van der Waals surface area contributed by atoms with Crippen molar-refractivity contribution in [1.29, 1.82) is 0 Å². The van der Waals surface area contributed by atoms with Gasteiger partial charge in [0.15, 0.2) is 5.96 Å². The molecule has 1 aromatic carbocycles. The molecule has 0 aliphatic rings. The molecule has 0 aliphatic heterocycles. The van der Waals surface area contributed by atoms with E-state index in [0.717, 1.165) is 28.3 Å². The highest BCUT2D eigenvalue weighted by atomic mass is 79.9. The minimum Gasteiger partial charge on any atom is -0.496 e. The van der Waals surface area contributed by atoms with Crippen molar-refractivity contribution >= 4 is 21.9 Å². The average molecular weight is 328 g/mol. The van der Waals surface area contributed by atoms with Crippen LogP contribution in [0.15, 0.2) is 27.7 Å². The van der Waals surface area contributed by atoms with Crippen molar-refractivity contribution in [3.05, 3.63) is 28.2 Å². The molecule has 0 unspecified atom stereocenters. The van der Waals surface area contributed by atoms with Crippen LogP contribution in [0, 0.1) is 0 Å². The number of ether oxygens (including phenoxy) is 1. The molecule has 0 amide bonds. The molecule has 4 nitrogen and oxygen atoms in total. The van der Waals surface area contributed by atoms with Crippen LogP contribution in [0.2, 0.25) is 0 Å². The standard InChI is InChI=1S/C14H22BrN3O/c1-5-16-14(18-10(2)3)17-9-11-6-7-13(19-4)12(15)8-11/h6-8,10H,5,9H2,1-4H3,(H2,16,17,18). The van der Waals surface area contributed by atoms with E-state index in [1.807, 2.05) is 18.2 Å². The largest absolute Gasteiger partial charge is 0.496 e. The minimum atomic E-state index is 0.361. The summed E-state index contributed by atoms with van der Waals surface area (Å²) in [5.41, 5.74) is 1.13. The summed E-state index contributed by atoms with van der Waals surface area (Å²) in [5.74, 6) is 1.67. The Labute approximate surface area is 123 Å². The van der Waals surface area contributed by atoms with Crippen molar-refractivity contribution in [2.24, 2.45) is 4.99 Å². The topological polar surface area (TPSA) is 45.7 Å². The molecule has 19 heavy (non-hydrogen) atoms. The molecule has 5 heteroatoms. The van der Waals surface area contributed by atoms with Crippen LogP contribution in [0.4, 0.5) is 0 Å². The highest BCUT2D eigenvalue weighted by Gasteiger charge is 2.02. The molecule has 0 heterocycles. The summed E-state index contributed by atoms with van der Waals surface area (Å²) in [7, 11) is 1.66. The number of aliphatic imine (C=N–C) groups is 1. The number of guanidine groups is 1. The first kappa shape index (κ1) is 15.8. The summed E-state index contributed by atoms with van der Waals surface area (Å²) in [4.78, 5) is 4.55. The monoisotopic (exact) mass is 327 g/mol. The molecular formula is C14H22BrN3O. The second kappa shape index (κ2) is 8.04. The maximum Gasteiger partial charge on any atom is 0.191 e. The quantitative estimate of drug-likeness (QED) is 0.645.